The predicted molar refractivity (Wildman–Crippen MR) is 109 cm³/mol. The Morgan fingerprint density at radius 3 is 2.61 bits per heavy atom. The first-order valence-electron chi connectivity index (χ1n) is 9.70. The van der Waals surface area contributed by atoms with E-state index in [9.17, 15) is 9.59 Å². The molecule has 0 aliphatic carbocycles. The van der Waals surface area contributed by atoms with Crippen molar-refractivity contribution in [1.82, 2.24) is 20.0 Å². The highest BCUT2D eigenvalue weighted by Gasteiger charge is 2.43. The number of likely N-dealkylation sites (N-methyl/N-ethyl adjacent to an activating group) is 1. The molecule has 3 amide bonds. The van der Waals surface area contributed by atoms with Crippen LogP contribution in [0.2, 0.25) is 10.0 Å². The van der Waals surface area contributed by atoms with Gasteiger partial charge in [0.2, 0.25) is 0 Å². The number of halogens is 2. The van der Waals surface area contributed by atoms with Crippen molar-refractivity contribution in [2.24, 2.45) is 0 Å². The summed E-state index contributed by atoms with van der Waals surface area (Å²) in [5.74, 6) is -0.0418. The molecular weight excluding hydrogens is 399 g/mol. The Kier molecular flexibility index (Phi) is 5.54. The lowest BCUT2D eigenvalue weighted by Crippen LogP contribution is -2.45. The van der Waals surface area contributed by atoms with E-state index in [-0.39, 0.29) is 11.9 Å². The van der Waals surface area contributed by atoms with E-state index in [4.69, 9.17) is 23.2 Å². The summed E-state index contributed by atoms with van der Waals surface area (Å²) in [4.78, 5) is 31.5. The lowest BCUT2D eigenvalue weighted by molar-refractivity contribution is -0.126. The molecule has 1 aromatic carbocycles. The molecular formula is C20H24Cl2N4O2. The monoisotopic (exact) mass is 422 g/mol. The fraction of sp³-hybridized carbons (Fsp3) is 0.500. The standard InChI is InChI=1S/C20H24Cl2N4O2/c1-24-15-12-26(11-10-25-8-3-2-4-9-25)19(27)16(15)18(23-20(24)28)13-6-5-7-14(21)17(13)22/h5-7,18H,2-4,8-12H2,1H3,(H,23,28). The minimum absolute atomic E-state index is 0.0418. The number of carbonyl (C=O) groups is 2. The molecule has 6 nitrogen and oxygen atoms in total. The van der Waals surface area contributed by atoms with E-state index in [0.717, 1.165) is 25.3 Å². The van der Waals surface area contributed by atoms with Crippen LogP contribution in [0.4, 0.5) is 4.79 Å². The van der Waals surface area contributed by atoms with Gasteiger partial charge in [-0.3, -0.25) is 9.69 Å². The van der Waals surface area contributed by atoms with Gasteiger partial charge in [-0.1, -0.05) is 41.8 Å². The van der Waals surface area contributed by atoms with Crippen LogP contribution >= 0.6 is 23.2 Å². The van der Waals surface area contributed by atoms with Crippen molar-refractivity contribution in [3.05, 3.63) is 45.1 Å². The zero-order valence-corrected chi connectivity index (χ0v) is 17.4. The van der Waals surface area contributed by atoms with Crippen LogP contribution in [0.15, 0.2) is 29.5 Å². The molecule has 1 unspecified atom stereocenters. The molecule has 8 heteroatoms. The molecule has 0 bridgehead atoms. The van der Waals surface area contributed by atoms with Gasteiger partial charge in [0, 0.05) is 20.1 Å². The molecule has 1 fully saturated rings. The SMILES string of the molecule is CN1C(=O)NC(c2cccc(Cl)c2Cl)C2=C1CN(CCN1CCCCC1)C2=O. The van der Waals surface area contributed by atoms with Gasteiger partial charge < -0.3 is 15.1 Å². The molecule has 0 radical (unpaired) electrons. The number of amides is 3. The van der Waals surface area contributed by atoms with E-state index < -0.39 is 6.04 Å². The zero-order chi connectivity index (χ0) is 19.8. The number of hydrogen-bond acceptors (Lipinski definition) is 3. The van der Waals surface area contributed by atoms with Gasteiger partial charge in [-0.25, -0.2) is 4.79 Å². The first-order chi connectivity index (χ1) is 13.5. The molecule has 0 aromatic heterocycles. The number of likely N-dealkylation sites (tertiary alicyclic amines) is 1. The molecule has 1 aromatic rings. The molecule has 3 aliphatic heterocycles. The Morgan fingerprint density at radius 1 is 1.11 bits per heavy atom. The van der Waals surface area contributed by atoms with Crippen molar-refractivity contribution in [3.63, 3.8) is 0 Å². The number of piperidine rings is 1. The molecule has 1 saturated heterocycles. The highest BCUT2D eigenvalue weighted by Crippen LogP contribution is 2.39. The Bertz CT molecular complexity index is 835. The fourth-order valence-electron chi connectivity index (χ4n) is 4.23. The van der Waals surface area contributed by atoms with Crippen LogP contribution in [0.3, 0.4) is 0 Å². The maximum absolute atomic E-state index is 13.2. The van der Waals surface area contributed by atoms with Gasteiger partial charge in [-0.05, 0) is 37.6 Å². The normalized spacial score (nSPS) is 23.3. The number of benzene rings is 1. The molecule has 1 atom stereocenters. The van der Waals surface area contributed by atoms with Gasteiger partial charge in [0.1, 0.15) is 0 Å². The molecule has 150 valence electrons. The lowest BCUT2D eigenvalue weighted by atomic mass is 9.95. The Morgan fingerprint density at radius 2 is 1.86 bits per heavy atom. The van der Waals surface area contributed by atoms with Gasteiger partial charge >= 0.3 is 6.03 Å². The number of hydrogen-bond donors (Lipinski definition) is 1. The average molecular weight is 423 g/mol. The van der Waals surface area contributed by atoms with Gasteiger partial charge in [-0.15, -0.1) is 0 Å². The highest BCUT2D eigenvalue weighted by atomic mass is 35.5. The first kappa shape index (κ1) is 19.6. The molecule has 0 saturated carbocycles. The van der Waals surface area contributed by atoms with Crippen LogP contribution in [-0.4, -0.2) is 66.4 Å². The Labute approximate surface area is 175 Å². The van der Waals surface area contributed by atoms with Gasteiger partial charge in [0.05, 0.1) is 33.9 Å². The number of carbonyl (C=O) groups excluding carboxylic acids is 2. The van der Waals surface area contributed by atoms with E-state index in [0.29, 0.717) is 34.3 Å². The third kappa shape index (κ3) is 3.49. The summed E-state index contributed by atoms with van der Waals surface area (Å²) in [6.45, 7) is 4.15. The predicted octanol–water partition coefficient (Wildman–Crippen LogP) is 3.27. The molecule has 0 spiro atoms. The van der Waals surface area contributed by atoms with Crippen LogP contribution in [0.5, 0.6) is 0 Å². The second kappa shape index (κ2) is 7.93. The number of rotatable bonds is 4. The first-order valence-corrected chi connectivity index (χ1v) is 10.5. The third-order valence-corrected chi connectivity index (χ3v) is 6.70. The number of nitrogens with zero attached hydrogens (tertiary/aromatic N) is 3. The van der Waals surface area contributed by atoms with Crippen LogP contribution < -0.4 is 5.32 Å². The van der Waals surface area contributed by atoms with E-state index >= 15 is 0 Å². The molecule has 4 rings (SSSR count). The smallest absolute Gasteiger partial charge is 0.322 e. The minimum atomic E-state index is -0.586. The van der Waals surface area contributed by atoms with Gasteiger partial charge in [0.15, 0.2) is 0 Å². The summed E-state index contributed by atoms with van der Waals surface area (Å²) in [5.41, 5.74) is 1.98. The van der Waals surface area contributed by atoms with Crippen molar-refractivity contribution in [2.75, 3.05) is 39.8 Å². The van der Waals surface area contributed by atoms with E-state index in [1.54, 1.807) is 25.2 Å². The van der Waals surface area contributed by atoms with Crippen molar-refractivity contribution < 1.29 is 9.59 Å². The average Bonchev–Trinajstić information content (AvgIpc) is 3.03. The molecule has 28 heavy (non-hydrogen) atoms. The van der Waals surface area contributed by atoms with Crippen LogP contribution in [0.25, 0.3) is 0 Å². The van der Waals surface area contributed by atoms with Gasteiger partial charge in [0.25, 0.3) is 5.91 Å². The summed E-state index contributed by atoms with van der Waals surface area (Å²) in [6, 6.07) is 4.45. The van der Waals surface area contributed by atoms with Crippen molar-refractivity contribution in [2.45, 2.75) is 25.3 Å². The third-order valence-electron chi connectivity index (χ3n) is 5.86. The zero-order valence-electron chi connectivity index (χ0n) is 15.9. The maximum atomic E-state index is 13.2. The Balaban J connectivity index is 1.58. The van der Waals surface area contributed by atoms with Crippen molar-refractivity contribution >= 4 is 35.1 Å². The number of urea groups is 1. The highest BCUT2D eigenvalue weighted by molar-refractivity contribution is 6.42. The summed E-state index contributed by atoms with van der Waals surface area (Å²) >= 11 is 12.6. The minimum Gasteiger partial charge on any atom is -0.332 e. The number of nitrogens with one attached hydrogen (secondary N) is 1. The fourth-order valence-corrected chi connectivity index (χ4v) is 4.64. The van der Waals surface area contributed by atoms with Crippen molar-refractivity contribution in [3.8, 4) is 0 Å². The van der Waals surface area contributed by atoms with E-state index in [1.165, 1.54) is 24.2 Å². The second-order valence-corrected chi connectivity index (χ2v) is 8.36. The summed E-state index contributed by atoms with van der Waals surface area (Å²) in [5, 5.41) is 3.68. The summed E-state index contributed by atoms with van der Waals surface area (Å²) in [6.07, 6.45) is 3.73. The summed E-state index contributed by atoms with van der Waals surface area (Å²) < 4.78 is 0. The van der Waals surface area contributed by atoms with Crippen LogP contribution in [0.1, 0.15) is 30.9 Å². The molecule has 3 aliphatic rings. The van der Waals surface area contributed by atoms with Crippen molar-refractivity contribution in [1.29, 1.82) is 0 Å². The molecule has 1 N–H and O–H groups in total. The topological polar surface area (TPSA) is 55.9 Å². The van der Waals surface area contributed by atoms with E-state index in [2.05, 4.69) is 10.2 Å². The van der Waals surface area contributed by atoms with Crippen LogP contribution in [0, 0.1) is 0 Å². The van der Waals surface area contributed by atoms with Gasteiger partial charge in [-0.2, -0.15) is 0 Å². The van der Waals surface area contributed by atoms with Crippen LogP contribution in [-0.2, 0) is 4.79 Å². The largest absolute Gasteiger partial charge is 0.332 e. The second-order valence-electron chi connectivity index (χ2n) is 7.57. The summed E-state index contributed by atoms with van der Waals surface area (Å²) in [7, 11) is 1.70. The molecule has 3 heterocycles. The maximum Gasteiger partial charge on any atom is 0.322 e. The Hall–Kier alpha value is -1.76. The van der Waals surface area contributed by atoms with E-state index in [1.807, 2.05) is 4.90 Å². The quantitative estimate of drug-likeness (QED) is 0.809. The lowest BCUT2D eigenvalue weighted by Gasteiger charge is -2.31.